The fourth-order valence-electron chi connectivity index (χ4n) is 9.06. The number of carbonyl (C=O) groups excluding carboxylic acids is 4. The number of nitrogens with one attached hydrogen (secondary N) is 6. The number of anilines is 6. The minimum Gasteiger partial charge on any atom is -0.493 e. The number of hydrogen-bond donors (Lipinski definition) is 10. The lowest BCUT2D eigenvalue weighted by Crippen LogP contribution is -2.33. The first kappa shape index (κ1) is 77.5. The number of halogens is 6. The predicted octanol–water partition coefficient (Wildman–Crippen LogP) is 9.38. The van der Waals surface area contributed by atoms with Crippen LogP contribution in [0.25, 0.3) is 21.5 Å². The minimum absolute atomic E-state index is 0.0794. The maximum atomic E-state index is 13.8. The van der Waals surface area contributed by atoms with Gasteiger partial charge in [-0.1, -0.05) is 26.0 Å². The van der Waals surface area contributed by atoms with Crippen LogP contribution in [0, 0.1) is 0 Å². The molecule has 0 spiro atoms. The van der Waals surface area contributed by atoms with Gasteiger partial charge in [0.15, 0.2) is 42.7 Å². The molecule has 2 aromatic heterocycles. The first-order valence-electron chi connectivity index (χ1n) is 28.7. The van der Waals surface area contributed by atoms with Crippen LogP contribution in [0.1, 0.15) is 62.0 Å². The number of aromatic nitrogens is 2. The first-order chi connectivity index (χ1) is 46.0. The van der Waals surface area contributed by atoms with Crippen LogP contribution in [-0.4, -0.2) is 125 Å². The van der Waals surface area contributed by atoms with Gasteiger partial charge in [-0.3, -0.25) is 19.2 Å². The normalized spacial score (nSPS) is 11.8. The molecule has 0 aliphatic carbocycles. The molecule has 8 rings (SSSR count). The van der Waals surface area contributed by atoms with Gasteiger partial charge in [-0.2, -0.15) is 26.3 Å². The fraction of sp³-hybridized carbons (Fsp3) is 0.250. The van der Waals surface area contributed by atoms with Crippen molar-refractivity contribution in [3.05, 3.63) is 156 Å². The molecule has 12 N–H and O–H groups in total. The topological polar surface area (TPSA) is 398 Å². The summed E-state index contributed by atoms with van der Waals surface area (Å²) in [6.45, 7) is 5.59. The van der Waals surface area contributed by atoms with Gasteiger partial charge in [-0.25, -0.2) is 36.4 Å². The number of nitrogen functional groups attached to an aromatic ring is 2. The smallest absolute Gasteiger partial charge is 0.490 e. The van der Waals surface area contributed by atoms with Gasteiger partial charge >= 0.3 is 24.3 Å². The zero-order valence-electron chi connectivity index (χ0n) is 53.4. The van der Waals surface area contributed by atoms with Crippen LogP contribution < -0.4 is 62.3 Å². The molecular weight excluding hydrogens is 1340 g/mol. The Morgan fingerprint density at radius 1 is 0.480 bits per heavy atom. The zero-order valence-corrected chi connectivity index (χ0v) is 55.1. The third-order valence-corrected chi connectivity index (χ3v) is 17.5. The van der Waals surface area contributed by atoms with Gasteiger partial charge in [-0.05, 0) is 142 Å². The molecule has 2 heterocycles. The van der Waals surface area contributed by atoms with E-state index in [1.165, 1.54) is 66.6 Å². The lowest BCUT2D eigenvalue weighted by Gasteiger charge is -2.22. The molecule has 98 heavy (non-hydrogen) atoms. The number of alkyl halides is 6. The number of rotatable bonds is 22. The molecule has 0 aliphatic rings. The summed E-state index contributed by atoms with van der Waals surface area (Å²) >= 11 is 0. The maximum absolute atomic E-state index is 13.8. The van der Waals surface area contributed by atoms with E-state index < -0.39 is 67.9 Å². The minimum atomic E-state index is -5.08. The number of ether oxygens (including phenoxy) is 4. The highest BCUT2D eigenvalue weighted by Gasteiger charge is 2.39. The van der Waals surface area contributed by atoms with Crippen LogP contribution in [0.2, 0.25) is 0 Å². The van der Waals surface area contributed by atoms with Gasteiger partial charge in [0, 0.05) is 72.9 Å². The van der Waals surface area contributed by atoms with Gasteiger partial charge < -0.3 is 72.5 Å². The lowest BCUT2D eigenvalue weighted by molar-refractivity contribution is -0.193. The summed E-state index contributed by atoms with van der Waals surface area (Å²) in [7, 11) is -1.17. The standard InChI is InChI=1S/2C30H33N5O6S.2C2HF3O2/c2*1-5-42(38,39)27-11-8-22(34-18(2)36)15-21(27)17-33-30(37)28(20-6-10-25(40-3)26(16-20)41-4)35-23-7-9-24-19(14-23)12-13-32-29(24)31;2*3-2(4,5)1(6)7/h2*6-16,28,35H,5,17H2,1-4H3,(H2,31,32)(H,33,37)(H,34,36);2*(H,6,7)/t2*28-;;/m10../s1. The van der Waals surface area contributed by atoms with Crippen LogP contribution in [0.4, 0.5) is 60.7 Å². The van der Waals surface area contributed by atoms with Gasteiger partial charge in [0.1, 0.15) is 23.7 Å². The molecule has 26 nitrogen and oxygen atoms in total. The fourth-order valence-corrected chi connectivity index (χ4v) is 11.3. The summed E-state index contributed by atoms with van der Waals surface area (Å²) < 4.78 is 136. The molecule has 4 amide bonds. The van der Waals surface area contributed by atoms with E-state index in [-0.39, 0.29) is 46.2 Å². The first-order valence-corrected chi connectivity index (χ1v) is 32.0. The van der Waals surface area contributed by atoms with Crippen molar-refractivity contribution in [2.24, 2.45) is 0 Å². The second kappa shape index (κ2) is 34.0. The van der Waals surface area contributed by atoms with E-state index >= 15 is 0 Å². The Morgan fingerprint density at radius 3 is 1.10 bits per heavy atom. The van der Waals surface area contributed by atoms with Crippen LogP contribution >= 0.6 is 0 Å². The third-order valence-electron chi connectivity index (χ3n) is 13.8. The molecular formula is C64H68F6N10O16S2. The van der Waals surface area contributed by atoms with Crippen LogP contribution in [0.15, 0.2) is 144 Å². The highest BCUT2D eigenvalue weighted by atomic mass is 32.2. The monoisotopic (exact) mass is 1410 g/mol. The van der Waals surface area contributed by atoms with Crippen LogP contribution in [-0.2, 0) is 61.5 Å². The number of carbonyl (C=O) groups is 6. The average Bonchev–Trinajstić information content (AvgIpc) is 0.824. The average molecular weight is 1410 g/mol. The van der Waals surface area contributed by atoms with E-state index in [0.717, 1.165) is 21.5 Å². The highest BCUT2D eigenvalue weighted by molar-refractivity contribution is 7.91. The Balaban J connectivity index is 0.000000296. The molecule has 524 valence electrons. The highest BCUT2D eigenvalue weighted by Crippen LogP contribution is 2.35. The van der Waals surface area contributed by atoms with Crippen molar-refractivity contribution in [1.82, 2.24) is 20.6 Å². The Hall–Kier alpha value is -11.2. The molecule has 34 heteroatoms. The number of hydrogen-bond acceptors (Lipinski definition) is 20. The van der Waals surface area contributed by atoms with Crippen molar-refractivity contribution >= 4 is 111 Å². The molecule has 8 aromatic rings. The number of benzene rings is 6. The quantitative estimate of drug-likeness (QED) is 0.0282. The van der Waals surface area contributed by atoms with Crippen molar-refractivity contribution in [2.45, 2.75) is 75.0 Å². The number of aliphatic carboxylic acids is 2. The molecule has 0 saturated carbocycles. The Bertz CT molecular complexity index is 4190. The van der Waals surface area contributed by atoms with E-state index in [1.807, 2.05) is 36.4 Å². The van der Waals surface area contributed by atoms with E-state index in [4.69, 9.17) is 50.2 Å². The molecule has 0 unspecified atom stereocenters. The van der Waals surface area contributed by atoms with Gasteiger partial charge in [0.05, 0.1) is 49.7 Å². The number of sulfone groups is 2. The molecule has 0 saturated heterocycles. The summed E-state index contributed by atoms with van der Waals surface area (Å²) in [5, 5.41) is 35.1. The summed E-state index contributed by atoms with van der Waals surface area (Å²) in [6.07, 6.45) is -6.95. The van der Waals surface area contributed by atoms with Gasteiger partial charge in [-0.15, -0.1) is 0 Å². The van der Waals surface area contributed by atoms with Crippen molar-refractivity contribution < 1.29 is 101 Å². The number of methoxy groups -OCH3 is 4. The van der Waals surface area contributed by atoms with Crippen molar-refractivity contribution in [3.8, 4) is 23.0 Å². The number of nitrogens with two attached hydrogens (primary N) is 2. The van der Waals surface area contributed by atoms with E-state index in [0.29, 0.717) is 79.6 Å². The number of carboxylic acid groups (broad SMARTS) is 2. The molecule has 0 bridgehead atoms. The van der Waals surface area contributed by atoms with Crippen LogP contribution in [0.5, 0.6) is 23.0 Å². The molecule has 0 fully saturated rings. The van der Waals surface area contributed by atoms with E-state index in [2.05, 4.69) is 41.9 Å². The lowest BCUT2D eigenvalue weighted by atomic mass is 10.0. The van der Waals surface area contributed by atoms with Gasteiger partial charge in [0.25, 0.3) is 0 Å². The van der Waals surface area contributed by atoms with E-state index in [1.54, 1.807) is 86.9 Å². The number of carboxylic acids is 2. The SMILES string of the molecule is CCS(=O)(=O)c1ccc(NC(C)=O)cc1CNC(=O)[C@@H](Nc1ccc2c(N)nccc2c1)c1ccc(OC)c(OC)c1.CCS(=O)(=O)c1ccc(NC(C)=O)cc1CNC(=O)[C@H](Nc1ccc2c(N)nccc2c1)c1ccc(OC)c(OC)c1.O=C(O)C(F)(F)F.O=C(O)C(F)(F)F. The number of fused-ring (bicyclic) bond motifs is 2. The summed E-state index contributed by atoms with van der Waals surface area (Å²) in [5.74, 6) is -4.56. The molecule has 0 radical (unpaired) electrons. The second-order valence-electron chi connectivity index (χ2n) is 20.5. The van der Waals surface area contributed by atoms with E-state index in [9.17, 15) is 62.4 Å². The largest absolute Gasteiger partial charge is 0.493 e. The Kier molecular flexibility index (Phi) is 26.9. The summed E-state index contributed by atoms with van der Waals surface area (Å²) in [5.41, 5.74) is 16.0. The number of pyridine rings is 2. The van der Waals surface area contributed by atoms with Gasteiger partial charge in [0.2, 0.25) is 23.6 Å². The summed E-state index contributed by atoms with van der Waals surface area (Å²) in [4.78, 5) is 77.0. The maximum Gasteiger partial charge on any atom is 0.490 e. The number of nitrogens with zero attached hydrogens (tertiary/aromatic N) is 2. The van der Waals surface area contributed by atoms with Crippen molar-refractivity contribution in [2.75, 3.05) is 72.7 Å². The van der Waals surface area contributed by atoms with Crippen LogP contribution in [0.3, 0.4) is 0 Å². The summed E-state index contributed by atoms with van der Waals surface area (Å²) in [6, 6.07) is 32.0. The second-order valence-corrected chi connectivity index (χ2v) is 25.0. The third kappa shape index (κ3) is 21.4. The Labute approximate surface area is 557 Å². The molecule has 2 atom stereocenters. The van der Waals surface area contributed by atoms with Crippen molar-refractivity contribution in [3.63, 3.8) is 0 Å². The molecule has 6 aromatic carbocycles. The number of amides is 4. The zero-order chi connectivity index (χ0) is 73.0. The van der Waals surface area contributed by atoms with Crippen molar-refractivity contribution in [1.29, 1.82) is 0 Å². The molecule has 0 aliphatic heterocycles. The Morgan fingerprint density at radius 2 is 0.806 bits per heavy atom. The predicted molar refractivity (Wildman–Crippen MR) is 352 cm³/mol.